The van der Waals surface area contributed by atoms with Gasteiger partial charge in [-0.15, -0.1) is 10.2 Å². The summed E-state index contributed by atoms with van der Waals surface area (Å²) in [6.07, 6.45) is 5.40. The molecule has 1 aliphatic rings. The van der Waals surface area contributed by atoms with Crippen LogP contribution in [0.1, 0.15) is 46.9 Å². The molecule has 3 rings (SSSR count). The van der Waals surface area contributed by atoms with Crippen molar-refractivity contribution in [1.29, 1.82) is 0 Å². The molecule has 98 valence electrons. The molecule has 1 heterocycles. The summed E-state index contributed by atoms with van der Waals surface area (Å²) in [5, 5.41) is 17.0. The van der Waals surface area contributed by atoms with Gasteiger partial charge in [0.2, 0.25) is 0 Å². The highest BCUT2D eigenvalue weighted by atomic mass is 16.4. The number of hydrogen-bond donors (Lipinski definition) is 1. The van der Waals surface area contributed by atoms with Crippen molar-refractivity contribution in [2.75, 3.05) is 0 Å². The van der Waals surface area contributed by atoms with Crippen LogP contribution in [-0.2, 0) is 6.54 Å². The molecule has 19 heavy (non-hydrogen) atoms. The van der Waals surface area contributed by atoms with Gasteiger partial charge in [-0.05, 0) is 30.5 Å². The number of aromatic nitrogens is 3. The Labute approximate surface area is 110 Å². The predicted octanol–water partition coefficient (Wildman–Crippen LogP) is 2.29. The molecule has 1 aromatic heterocycles. The van der Waals surface area contributed by atoms with Gasteiger partial charge < -0.3 is 9.67 Å². The van der Waals surface area contributed by atoms with Gasteiger partial charge in [0.25, 0.3) is 0 Å². The second kappa shape index (κ2) is 4.84. The Balaban J connectivity index is 1.77. The lowest BCUT2D eigenvalue weighted by molar-refractivity contribution is 0.0697. The fourth-order valence-electron chi connectivity index (χ4n) is 2.32. The van der Waals surface area contributed by atoms with Gasteiger partial charge in [0, 0.05) is 5.92 Å². The van der Waals surface area contributed by atoms with Crippen molar-refractivity contribution < 1.29 is 9.90 Å². The first-order valence-electron chi connectivity index (χ1n) is 6.44. The van der Waals surface area contributed by atoms with Crippen molar-refractivity contribution in [3.05, 3.63) is 47.5 Å². The molecule has 1 aliphatic carbocycles. The summed E-state index contributed by atoms with van der Waals surface area (Å²) >= 11 is 0. The number of carbonyl (C=O) groups is 1. The second-order valence-corrected chi connectivity index (χ2v) is 4.95. The highest BCUT2D eigenvalue weighted by Crippen LogP contribution is 2.35. The van der Waals surface area contributed by atoms with Crippen molar-refractivity contribution in [3.63, 3.8) is 0 Å². The van der Waals surface area contributed by atoms with Crippen LogP contribution in [0.3, 0.4) is 0 Å². The van der Waals surface area contributed by atoms with Crippen LogP contribution in [0.5, 0.6) is 0 Å². The summed E-state index contributed by atoms with van der Waals surface area (Å²) in [7, 11) is 0. The summed E-state index contributed by atoms with van der Waals surface area (Å²) in [6, 6.07) is 6.94. The number of carboxylic acids is 1. The molecule has 0 radical (unpaired) electrons. The molecule has 0 saturated heterocycles. The third-order valence-electron chi connectivity index (χ3n) is 3.67. The van der Waals surface area contributed by atoms with E-state index in [-0.39, 0.29) is 0 Å². The summed E-state index contributed by atoms with van der Waals surface area (Å²) < 4.78 is 2.06. The lowest BCUT2D eigenvalue weighted by Crippen LogP contribution is -2.15. The fourth-order valence-corrected chi connectivity index (χ4v) is 2.32. The standard InChI is InChI=1S/C14H15N3O2/c18-14(19)12-6-4-10(5-7-12)8-17-9-15-16-13(17)11-2-1-3-11/h4-7,9,11H,1-3,8H2,(H,18,19). The molecule has 1 N–H and O–H groups in total. The van der Waals surface area contributed by atoms with Crippen molar-refractivity contribution in [2.24, 2.45) is 0 Å². The number of benzene rings is 1. The van der Waals surface area contributed by atoms with E-state index in [9.17, 15) is 4.79 Å². The van der Waals surface area contributed by atoms with Crippen LogP contribution in [0, 0.1) is 0 Å². The molecule has 0 aliphatic heterocycles. The van der Waals surface area contributed by atoms with E-state index in [0.29, 0.717) is 18.0 Å². The molecule has 1 saturated carbocycles. The Morgan fingerprint density at radius 1 is 1.32 bits per heavy atom. The van der Waals surface area contributed by atoms with Gasteiger partial charge in [0.15, 0.2) is 0 Å². The van der Waals surface area contributed by atoms with Gasteiger partial charge in [-0.2, -0.15) is 0 Å². The minimum atomic E-state index is -0.897. The minimum absolute atomic E-state index is 0.312. The summed E-state index contributed by atoms with van der Waals surface area (Å²) in [6.45, 7) is 0.693. The van der Waals surface area contributed by atoms with Crippen LogP contribution in [0.25, 0.3) is 0 Å². The van der Waals surface area contributed by atoms with Crippen LogP contribution in [-0.4, -0.2) is 25.8 Å². The molecule has 0 unspecified atom stereocenters. The smallest absolute Gasteiger partial charge is 0.335 e. The minimum Gasteiger partial charge on any atom is -0.478 e. The fraction of sp³-hybridized carbons (Fsp3) is 0.357. The zero-order chi connectivity index (χ0) is 13.2. The zero-order valence-electron chi connectivity index (χ0n) is 10.5. The topological polar surface area (TPSA) is 68.0 Å². The first-order valence-corrected chi connectivity index (χ1v) is 6.44. The maximum Gasteiger partial charge on any atom is 0.335 e. The van der Waals surface area contributed by atoms with Gasteiger partial charge in [-0.3, -0.25) is 0 Å². The predicted molar refractivity (Wildman–Crippen MR) is 69.1 cm³/mol. The van der Waals surface area contributed by atoms with Gasteiger partial charge in [-0.25, -0.2) is 4.79 Å². The van der Waals surface area contributed by atoms with E-state index in [4.69, 9.17) is 5.11 Å². The second-order valence-electron chi connectivity index (χ2n) is 4.95. The van der Waals surface area contributed by atoms with E-state index in [1.54, 1.807) is 18.5 Å². The molecule has 5 nitrogen and oxygen atoms in total. The lowest BCUT2D eigenvalue weighted by Gasteiger charge is -2.24. The Kier molecular flexibility index (Phi) is 3.03. The average Bonchev–Trinajstić information content (AvgIpc) is 2.76. The quantitative estimate of drug-likeness (QED) is 0.912. The molecule has 5 heteroatoms. The monoisotopic (exact) mass is 257 g/mol. The Morgan fingerprint density at radius 3 is 2.63 bits per heavy atom. The van der Waals surface area contributed by atoms with Gasteiger partial charge >= 0.3 is 5.97 Å². The maximum absolute atomic E-state index is 10.8. The Bertz CT molecular complexity index is 585. The van der Waals surface area contributed by atoms with Crippen LogP contribution in [0.15, 0.2) is 30.6 Å². The molecule has 0 atom stereocenters. The number of nitrogens with zero attached hydrogens (tertiary/aromatic N) is 3. The van der Waals surface area contributed by atoms with E-state index >= 15 is 0 Å². The van der Waals surface area contributed by atoms with Crippen LogP contribution in [0.2, 0.25) is 0 Å². The molecule has 1 fully saturated rings. The zero-order valence-corrected chi connectivity index (χ0v) is 10.5. The Hall–Kier alpha value is -2.17. The molecule has 0 amide bonds. The van der Waals surface area contributed by atoms with Crippen LogP contribution in [0.4, 0.5) is 0 Å². The van der Waals surface area contributed by atoms with Gasteiger partial charge in [0.1, 0.15) is 12.2 Å². The third kappa shape index (κ3) is 2.36. The number of carboxylic acid groups (broad SMARTS) is 1. The van der Waals surface area contributed by atoms with Gasteiger partial charge in [-0.1, -0.05) is 18.6 Å². The van der Waals surface area contributed by atoms with Crippen LogP contribution >= 0.6 is 0 Å². The van der Waals surface area contributed by atoms with Crippen molar-refractivity contribution in [2.45, 2.75) is 31.7 Å². The highest BCUT2D eigenvalue weighted by molar-refractivity contribution is 5.87. The first kappa shape index (κ1) is 11.9. The maximum atomic E-state index is 10.8. The van der Waals surface area contributed by atoms with E-state index in [0.717, 1.165) is 11.4 Å². The molecule has 1 aromatic carbocycles. The summed E-state index contributed by atoms with van der Waals surface area (Å²) in [5.74, 6) is 0.695. The normalized spacial score (nSPS) is 15.2. The largest absolute Gasteiger partial charge is 0.478 e. The van der Waals surface area contributed by atoms with E-state index in [2.05, 4.69) is 14.8 Å². The molecule has 0 bridgehead atoms. The number of aromatic carboxylic acids is 1. The molecular formula is C14H15N3O2. The molecule has 0 spiro atoms. The van der Waals surface area contributed by atoms with Crippen molar-refractivity contribution in [1.82, 2.24) is 14.8 Å². The Morgan fingerprint density at radius 2 is 2.05 bits per heavy atom. The van der Waals surface area contributed by atoms with Gasteiger partial charge in [0.05, 0.1) is 12.1 Å². The average molecular weight is 257 g/mol. The summed E-state index contributed by atoms with van der Waals surface area (Å²) in [5.41, 5.74) is 1.37. The lowest BCUT2D eigenvalue weighted by atomic mass is 9.85. The number of hydrogen-bond acceptors (Lipinski definition) is 3. The van der Waals surface area contributed by atoms with E-state index < -0.39 is 5.97 Å². The SMILES string of the molecule is O=C(O)c1ccc(Cn2cnnc2C2CCC2)cc1. The van der Waals surface area contributed by atoms with E-state index in [1.807, 2.05) is 12.1 Å². The third-order valence-corrected chi connectivity index (χ3v) is 3.67. The highest BCUT2D eigenvalue weighted by Gasteiger charge is 2.24. The van der Waals surface area contributed by atoms with E-state index in [1.165, 1.54) is 19.3 Å². The van der Waals surface area contributed by atoms with Crippen molar-refractivity contribution in [3.8, 4) is 0 Å². The van der Waals surface area contributed by atoms with Crippen LogP contribution < -0.4 is 0 Å². The number of rotatable bonds is 4. The summed E-state index contributed by atoms with van der Waals surface area (Å²) in [4.78, 5) is 10.8. The molecular weight excluding hydrogens is 242 g/mol. The molecule has 2 aromatic rings. The van der Waals surface area contributed by atoms with Crippen molar-refractivity contribution >= 4 is 5.97 Å². The first-order chi connectivity index (χ1) is 9.24.